The van der Waals surface area contributed by atoms with Gasteiger partial charge in [0.2, 0.25) is 5.78 Å². The van der Waals surface area contributed by atoms with Crippen molar-refractivity contribution < 1.29 is 9.90 Å². The first-order valence-electron chi connectivity index (χ1n) is 7.29. The second-order valence-electron chi connectivity index (χ2n) is 5.78. The Kier molecular flexibility index (Phi) is 2.71. The summed E-state index contributed by atoms with van der Waals surface area (Å²) in [5.41, 5.74) is 0.101. The predicted octanol–water partition coefficient (Wildman–Crippen LogP) is 2.24. The maximum absolute atomic E-state index is 12.7. The van der Waals surface area contributed by atoms with E-state index < -0.39 is 11.4 Å². The molecule has 2 N–H and O–H groups in total. The molecule has 0 spiro atoms. The van der Waals surface area contributed by atoms with Gasteiger partial charge in [0.05, 0.1) is 16.9 Å². The molecule has 0 aliphatic heterocycles. The van der Waals surface area contributed by atoms with E-state index in [9.17, 15) is 14.7 Å². The third-order valence-electron chi connectivity index (χ3n) is 4.26. The van der Waals surface area contributed by atoms with Crippen molar-refractivity contribution in [1.82, 2.24) is 9.78 Å². The average Bonchev–Trinajstić information content (AvgIpc) is 2.92. The second kappa shape index (κ2) is 4.54. The van der Waals surface area contributed by atoms with Gasteiger partial charge in [0.25, 0.3) is 5.56 Å². The van der Waals surface area contributed by atoms with Crippen LogP contribution in [0.1, 0.15) is 23.0 Å². The van der Waals surface area contributed by atoms with Crippen LogP contribution in [0.5, 0.6) is 0 Å². The smallest absolute Gasteiger partial charge is 0.272 e. The Hall–Kier alpha value is -2.92. The molecule has 5 nitrogen and oxygen atoms in total. The summed E-state index contributed by atoms with van der Waals surface area (Å²) in [5.74, 6) is -0.413. The molecule has 0 saturated carbocycles. The van der Waals surface area contributed by atoms with Gasteiger partial charge in [0.1, 0.15) is 0 Å². The molecule has 0 amide bonds. The summed E-state index contributed by atoms with van der Waals surface area (Å²) < 4.78 is 1.49. The Morgan fingerprint density at radius 1 is 0.957 bits per heavy atom. The molecule has 23 heavy (non-hydrogen) atoms. The van der Waals surface area contributed by atoms with Crippen molar-refractivity contribution in [3.63, 3.8) is 0 Å². The number of aliphatic hydroxyl groups is 1. The molecule has 0 bridgehead atoms. The number of para-hydroxylation sites is 1. The number of carbonyl (C=O) groups is 1. The molecule has 4 rings (SSSR count). The molecule has 2 aromatic carbocycles. The van der Waals surface area contributed by atoms with E-state index in [4.69, 9.17) is 0 Å². The summed E-state index contributed by atoms with van der Waals surface area (Å²) in [6, 6.07) is 16.0. The van der Waals surface area contributed by atoms with Crippen LogP contribution in [0.3, 0.4) is 0 Å². The monoisotopic (exact) mass is 306 g/mol. The zero-order chi connectivity index (χ0) is 16.2. The van der Waals surface area contributed by atoms with E-state index in [1.807, 2.05) is 18.2 Å². The van der Waals surface area contributed by atoms with Gasteiger partial charge in [-0.1, -0.05) is 42.5 Å². The Balaban J connectivity index is 2.13. The van der Waals surface area contributed by atoms with Gasteiger partial charge in [-0.05, 0) is 19.1 Å². The summed E-state index contributed by atoms with van der Waals surface area (Å²) in [7, 11) is 0. The molecule has 5 heteroatoms. The lowest BCUT2D eigenvalue weighted by atomic mass is 9.79. The zero-order valence-electron chi connectivity index (χ0n) is 12.4. The summed E-state index contributed by atoms with van der Waals surface area (Å²) >= 11 is 0. The van der Waals surface area contributed by atoms with Crippen LogP contribution >= 0.6 is 0 Å². The molecule has 1 aliphatic rings. The van der Waals surface area contributed by atoms with Crippen LogP contribution in [-0.2, 0) is 5.60 Å². The van der Waals surface area contributed by atoms with Crippen LogP contribution in [0.15, 0.2) is 59.4 Å². The molecule has 1 aromatic heterocycles. The van der Waals surface area contributed by atoms with Crippen molar-refractivity contribution in [2.24, 2.45) is 0 Å². The van der Waals surface area contributed by atoms with Gasteiger partial charge in [0, 0.05) is 11.1 Å². The maximum atomic E-state index is 12.7. The second-order valence-corrected chi connectivity index (χ2v) is 5.78. The molecule has 0 saturated heterocycles. The number of nitrogens with zero attached hydrogens (tertiary/aromatic N) is 1. The van der Waals surface area contributed by atoms with E-state index in [0.717, 1.165) is 0 Å². The van der Waals surface area contributed by atoms with Crippen molar-refractivity contribution in [3.05, 3.63) is 76.2 Å². The van der Waals surface area contributed by atoms with Gasteiger partial charge in [-0.3, -0.25) is 19.4 Å². The highest BCUT2D eigenvalue weighted by Crippen LogP contribution is 2.40. The number of carbonyl (C=O) groups excluding carboxylic acids is 1. The van der Waals surface area contributed by atoms with Crippen molar-refractivity contribution >= 4 is 5.78 Å². The van der Waals surface area contributed by atoms with Gasteiger partial charge >= 0.3 is 0 Å². The molecule has 3 aromatic rings. The van der Waals surface area contributed by atoms with E-state index in [0.29, 0.717) is 22.4 Å². The molecule has 1 aliphatic carbocycles. The molecular weight excluding hydrogens is 292 g/mol. The number of fused-ring (bicyclic) bond motifs is 3. The highest BCUT2D eigenvalue weighted by molar-refractivity contribution is 6.11. The Bertz CT molecular complexity index is 981. The van der Waals surface area contributed by atoms with Crippen LogP contribution < -0.4 is 5.56 Å². The topological polar surface area (TPSA) is 75.1 Å². The summed E-state index contributed by atoms with van der Waals surface area (Å²) in [6.45, 7) is 1.43. The number of H-pyrrole nitrogens is 1. The van der Waals surface area contributed by atoms with Crippen molar-refractivity contribution in [2.45, 2.75) is 12.5 Å². The zero-order valence-corrected chi connectivity index (χ0v) is 12.4. The maximum Gasteiger partial charge on any atom is 0.272 e. The molecule has 114 valence electrons. The van der Waals surface area contributed by atoms with Crippen LogP contribution in [-0.4, -0.2) is 20.7 Å². The number of aromatic nitrogens is 2. The molecule has 0 radical (unpaired) electrons. The van der Waals surface area contributed by atoms with E-state index in [1.54, 1.807) is 36.4 Å². The lowest BCUT2D eigenvalue weighted by Gasteiger charge is -2.29. The van der Waals surface area contributed by atoms with Gasteiger partial charge in [0.15, 0.2) is 5.60 Å². The standard InChI is InChI=1S/C18H14N2O3/c1-18(23)15-14(12-9-5-6-10-13(12)16(18)21)17(22)19-20(15)11-7-3-2-4-8-11/h2-10,23H,1H3,(H,19,22). The number of hydrogen-bond donors (Lipinski definition) is 2. The van der Waals surface area contributed by atoms with Crippen molar-refractivity contribution in [1.29, 1.82) is 0 Å². The first kappa shape index (κ1) is 13.7. The van der Waals surface area contributed by atoms with Crippen LogP contribution in [0.2, 0.25) is 0 Å². The van der Waals surface area contributed by atoms with Crippen LogP contribution in [0, 0.1) is 0 Å². The molecule has 0 fully saturated rings. The first-order chi connectivity index (χ1) is 11.0. The van der Waals surface area contributed by atoms with Gasteiger partial charge < -0.3 is 5.11 Å². The fourth-order valence-corrected chi connectivity index (χ4v) is 3.18. The van der Waals surface area contributed by atoms with Gasteiger partial charge in [-0.2, -0.15) is 0 Å². The van der Waals surface area contributed by atoms with E-state index in [-0.39, 0.29) is 11.3 Å². The first-order valence-corrected chi connectivity index (χ1v) is 7.29. The van der Waals surface area contributed by atoms with Gasteiger partial charge in [-0.15, -0.1) is 0 Å². The lowest BCUT2D eigenvalue weighted by molar-refractivity contribution is 0.0356. The van der Waals surface area contributed by atoms with E-state index >= 15 is 0 Å². The molecular formula is C18H14N2O3. The minimum atomic E-state index is -1.78. The van der Waals surface area contributed by atoms with Crippen LogP contribution in [0.25, 0.3) is 16.8 Å². The quantitative estimate of drug-likeness (QED) is 0.724. The Morgan fingerprint density at radius 2 is 1.57 bits per heavy atom. The molecule has 1 unspecified atom stereocenters. The van der Waals surface area contributed by atoms with Crippen molar-refractivity contribution in [3.8, 4) is 16.8 Å². The molecule has 1 heterocycles. The average molecular weight is 306 g/mol. The van der Waals surface area contributed by atoms with Crippen LogP contribution in [0.4, 0.5) is 0 Å². The Morgan fingerprint density at radius 3 is 2.26 bits per heavy atom. The summed E-state index contributed by atoms with van der Waals surface area (Å²) in [5, 5.41) is 13.6. The number of hydrogen-bond acceptors (Lipinski definition) is 3. The molecule has 1 atom stereocenters. The highest BCUT2D eigenvalue weighted by Gasteiger charge is 2.45. The van der Waals surface area contributed by atoms with E-state index in [1.165, 1.54) is 11.6 Å². The number of aromatic amines is 1. The number of nitrogens with one attached hydrogen (secondary N) is 1. The number of rotatable bonds is 1. The predicted molar refractivity (Wildman–Crippen MR) is 85.7 cm³/mol. The minimum absolute atomic E-state index is 0.275. The SMILES string of the molecule is CC1(O)C(=O)c2ccccc2-c2c1n(-c1ccccc1)[nH]c2=O. The number of benzene rings is 2. The largest absolute Gasteiger partial charge is 0.376 e. The third-order valence-corrected chi connectivity index (χ3v) is 4.26. The fourth-order valence-electron chi connectivity index (χ4n) is 3.18. The number of ketones is 1. The van der Waals surface area contributed by atoms with Crippen molar-refractivity contribution in [2.75, 3.05) is 0 Å². The summed E-state index contributed by atoms with van der Waals surface area (Å²) in [4.78, 5) is 25.2. The lowest BCUT2D eigenvalue weighted by Crippen LogP contribution is -2.38. The fraction of sp³-hybridized carbons (Fsp3) is 0.111. The number of Topliss-reactive ketones (excluding diaryl/α,β-unsaturated/α-hetero) is 1. The normalized spacial score (nSPS) is 19.3. The summed E-state index contributed by atoms with van der Waals surface area (Å²) in [6.07, 6.45) is 0. The Labute approximate surface area is 131 Å². The third kappa shape index (κ3) is 1.77. The minimum Gasteiger partial charge on any atom is -0.376 e. The highest BCUT2D eigenvalue weighted by atomic mass is 16.3. The van der Waals surface area contributed by atoms with Gasteiger partial charge in [-0.25, -0.2) is 0 Å². The van der Waals surface area contributed by atoms with E-state index in [2.05, 4.69) is 5.10 Å².